The lowest BCUT2D eigenvalue weighted by Crippen LogP contribution is -2.20. The molecule has 1 aromatic heterocycles. The molecular weight excluding hydrogens is 272 g/mol. The molecule has 1 unspecified atom stereocenters. The van der Waals surface area contributed by atoms with Crippen LogP contribution in [0.2, 0.25) is 0 Å². The molecule has 5 heteroatoms. The number of benzene rings is 1. The van der Waals surface area contributed by atoms with E-state index in [2.05, 4.69) is 29.1 Å². The number of nitrogens with two attached hydrogens (primary N) is 1. The van der Waals surface area contributed by atoms with Crippen LogP contribution >= 0.6 is 11.3 Å². The Morgan fingerprint density at radius 3 is 2.75 bits per heavy atom. The number of rotatable bonds is 4. The van der Waals surface area contributed by atoms with Crippen molar-refractivity contribution in [1.29, 1.82) is 0 Å². The fraction of sp³-hybridized carbons (Fsp3) is 0.333. The average Bonchev–Trinajstić information content (AvgIpc) is 2.92. The van der Waals surface area contributed by atoms with E-state index in [1.54, 1.807) is 11.3 Å². The summed E-state index contributed by atoms with van der Waals surface area (Å²) in [5, 5.41) is 7.71. The largest absolute Gasteiger partial charge is 0.486 e. The second-order valence-electron chi connectivity index (χ2n) is 4.96. The van der Waals surface area contributed by atoms with Gasteiger partial charge in [0.05, 0.1) is 11.4 Å². The van der Waals surface area contributed by atoms with Crippen LogP contribution in [0.3, 0.4) is 0 Å². The van der Waals surface area contributed by atoms with E-state index in [0.29, 0.717) is 24.9 Å². The van der Waals surface area contributed by atoms with Gasteiger partial charge in [0.1, 0.15) is 13.2 Å². The van der Waals surface area contributed by atoms with Crippen molar-refractivity contribution in [2.24, 2.45) is 0 Å². The van der Waals surface area contributed by atoms with Gasteiger partial charge in [-0.25, -0.2) is 0 Å². The summed E-state index contributed by atoms with van der Waals surface area (Å²) in [6, 6.07) is 6.20. The molecule has 1 aliphatic rings. The van der Waals surface area contributed by atoms with Gasteiger partial charge in [-0.1, -0.05) is 0 Å². The Morgan fingerprint density at radius 1 is 1.30 bits per heavy atom. The lowest BCUT2D eigenvalue weighted by molar-refractivity contribution is 0.172. The molecule has 0 amide bonds. The predicted molar refractivity (Wildman–Crippen MR) is 83.0 cm³/mol. The number of nitrogen functional groups attached to an aromatic ring is 1. The third-order valence-corrected chi connectivity index (χ3v) is 3.97. The highest BCUT2D eigenvalue weighted by Gasteiger charge is 2.15. The molecule has 1 aromatic carbocycles. The van der Waals surface area contributed by atoms with Gasteiger partial charge < -0.3 is 20.5 Å². The van der Waals surface area contributed by atoms with Gasteiger partial charge in [-0.05, 0) is 35.7 Å². The molecule has 0 saturated carbocycles. The van der Waals surface area contributed by atoms with Crippen LogP contribution in [0.1, 0.15) is 12.5 Å². The normalized spacial score (nSPS) is 14.8. The van der Waals surface area contributed by atoms with Crippen LogP contribution in [0.25, 0.3) is 0 Å². The van der Waals surface area contributed by atoms with Crippen molar-refractivity contribution < 1.29 is 9.47 Å². The molecule has 0 fully saturated rings. The first-order valence-corrected chi connectivity index (χ1v) is 7.63. The molecule has 4 nitrogen and oxygen atoms in total. The van der Waals surface area contributed by atoms with Crippen molar-refractivity contribution >= 4 is 22.7 Å². The molecule has 3 N–H and O–H groups in total. The number of hydrogen-bond donors (Lipinski definition) is 2. The molecule has 2 aromatic rings. The topological polar surface area (TPSA) is 56.5 Å². The highest BCUT2D eigenvalue weighted by Crippen LogP contribution is 2.37. The molecule has 0 aliphatic carbocycles. The molecule has 0 spiro atoms. The van der Waals surface area contributed by atoms with Crippen LogP contribution in [0.5, 0.6) is 11.5 Å². The van der Waals surface area contributed by atoms with Gasteiger partial charge in [-0.3, -0.25) is 0 Å². The quantitative estimate of drug-likeness (QED) is 0.849. The molecular formula is C15H18N2O2S. The van der Waals surface area contributed by atoms with Gasteiger partial charge in [0, 0.05) is 18.2 Å². The number of hydrogen-bond acceptors (Lipinski definition) is 5. The first kappa shape index (κ1) is 13.1. The van der Waals surface area contributed by atoms with Crippen molar-refractivity contribution in [3.63, 3.8) is 0 Å². The second-order valence-corrected chi connectivity index (χ2v) is 5.74. The Hall–Kier alpha value is -1.88. The smallest absolute Gasteiger partial charge is 0.163 e. The number of fused-ring (bicyclic) bond motifs is 1. The Bertz CT molecular complexity index is 584. The zero-order chi connectivity index (χ0) is 13.9. The molecule has 1 aliphatic heterocycles. The highest BCUT2D eigenvalue weighted by atomic mass is 32.1. The zero-order valence-electron chi connectivity index (χ0n) is 11.4. The second kappa shape index (κ2) is 5.63. The van der Waals surface area contributed by atoms with E-state index in [9.17, 15) is 0 Å². The highest BCUT2D eigenvalue weighted by molar-refractivity contribution is 7.07. The molecule has 3 rings (SSSR count). The maximum atomic E-state index is 6.07. The van der Waals surface area contributed by atoms with Crippen LogP contribution < -0.4 is 20.5 Å². The number of anilines is 2. The maximum Gasteiger partial charge on any atom is 0.163 e. The van der Waals surface area contributed by atoms with Gasteiger partial charge in [0.2, 0.25) is 0 Å². The van der Waals surface area contributed by atoms with Crippen molar-refractivity contribution in [3.05, 3.63) is 34.5 Å². The summed E-state index contributed by atoms with van der Waals surface area (Å²) in [6.45, 7) is 3.31. The third-order valence-electron chi connectivity index (χ3n) is 3.24. The minimum atomic E-state index is 0.300. The zero-order valence-corrected chi connectivity index (χ0v) is 12.2. The summed E-state index contributed by atoms with van der Waals surface area (Å²) in [4.78, 5) is 0. The summed E-state index contributed by atoms with van der Waals surface area (Å²) >= 11 is 1.72. The van der Waals surface area contributed by atoms with E-state index in [1.165, 1.54) is 5.56 Å². The van der Waals surface area contributed by atoms with Gasteiger partial charge in [-0.15, -0.1) is 0 Å². The molecule has 2 heterocycles. The summed E-state index contributed by atoms with van der Waals surface area (Å²) in [5.74, 6) is 1.49. The Morgan fingerprint density at radius 2 is 2.05 bits per heavy atom. The Balaban J connectivity index is 1.73. The van der Waals surface area contributed by atoms with E-state index < -0.39 is 0 Å². The minimum Gasteiger partial charge on any atom is -0.486 e. The number of ether oxygens (including phenoxy) is 2. The average molecular weight is 290 g/mol. The number of nitrogens with one attached hydrogen (secondary N) is 1. The molecule has 106 valence electrons. The van der Waals surface area contributed by atoms with Crippen LogP contribution in [-0.4, -0.2) is 19.3 Å². The summed E-state index contributed by atoms with van der Waals surface area (Å²) < 4.78 is 11.1. The van der Waals surface area contributed by atoms with E-state index in [-0.39, 0.29) is 0 Å². The standard InChI is InChI=1S/C15H18N2O2S/c1-10(6-11-2-5-20-9-11)17-13-8-15-14(7-12(13)16)18-3-4-19-15/h2,5,7-10,17H,3-4,6,16H2,1H3. The van der Waals surface area contributed by atoms with Gasteiger partial charge in [0.25, 0.3) is 0 Å². The fourth-order valence-electron chi connectivity index (χ4n) is 2.31. The van der Waals surface area contributed by atoms with Crippen LogP contribution in [0, 0.1) is 0 Å². The fourth-order valence-corrected chi connectivity index (χ4v) is 2.99. The summed E-state index contributed by atoms with van der Waals surface area (Å²) in [5.41, 5.74) is 9.00. The van der Waals surface area contributed by atoms with E-state index in [4.69, 9.17) is 15.2 Å². The van der Waals surface area contributed by atoms with Crippen LogP contribution in [0.15, 0.2) is 29.0 Å². The minimum absolute atomic E-state index is 0.300. The maximum absolute atomic E-state index is 6.07. The summed E-state index contributed by atoms with van der Waals surface area (Å²) in [6.07, 6.45) is 0.970. The van der Waals surface area contributed by atoms with Crippen molar-refractivity contribution in [3.8, 4) is 11.5 Å². The monoisotopic (exact) mass is 290 g/mol. The van der Waals surface area contributed by atoms with E-state index in [0.717, 1.165) is 23.6 Å². The molecule has 20 heavy (non-hydrogen) atoms. The van der Waals surface area contributed by atoms with Crippen LogP contribution in [-0.2, 0) is 6.42 Å². The van der Waals surface area contributed by atoms with E-state index in [1.807, 2.05) is 12.1 Å². The van der Waals surface area contributed by atoms with E-state index >= 15 is 0 Å². The molecule has 0 bridgehead atoms. The van der Waals surface area contributed by atoms with Gasteiger partial charge in [0.15, 0.2) is 11.5 Å². The predicted octanol–water partition coefficient (Wildman–Crippen LogP) is 3.14. The Kier molecular flexibility index (Phi) is 3.69. The Labute approximate surface area is 122 Å². The summed E-state index contributed by atoms with van der Waals surface area (Å²) in [7, 11) is 0. The van der Waals surface area contributed by atoms with Crippen LogP contribution in [0.4, 0.5) is 11.4 Å². The van der Waals surface area contributed by atoms with Gasteiger partial charge in [-0.2, -0.15) is 11.3 Å². The van der Waals surface area contributed by atoms with Gasteiger partial charge >= 0.3 is 0 Å². The molecule has 0 saturated heterocycles. The van der Waals surface area contributed by atoms with Crippen molar-refractivity contribution in [2.45, 2.75) is 19.4 Å². The lowest BCUT2D eigenvalue weighted by atomic mass is 10.1. The molecule has 0 radical (unpaired) electrons. The van der Waals surface area contributed by atoms with Crippen molar-refractivity contribution in [2.75, 3.05) is 24.3 Å². The third kappa shape index (κ3) is 2.82. The lowest BCUT2D eigenvalue weighted by Gasteiger charge is -2.22. The SMILES string of the molecule is CC(Cc1ccsc1)Nc1cc2c(cc1N)OCCO2. The molecule has 1 atom stereocenters. The number of thiophene rings is 1. The van der Waals surface area contributed by atoms with Crippen molar-refractivity contribution in [1.82, 2.24) is 0 Å². The first-order valence-electron chi connectivity index (χ1n) is 6.69. The first-order chi connectivity index (χ1) is 9.72.